The lowest BCUT2D eigenvalue weighted by molar-refractivity contribution is -0.136. The maximum atomic E-state index is 12.9. The molecule has 4 rings (SSSR count). The van der Waals surface area contributed by atoms with Crippen molar-refractivity contribution in [3.63, 3.8) is 0 Å². The van der Waals surface area contributed by atoms with Crippen LogP contribution in [0.5, 0.6) is 11.5 Å². The Hall–Kier alpha value is -2.77. The Morgan fingerprint density at radius 3 is 2.74 bits per heavy atom. The van der Waals surface area contributed by atoms with Gasteiger partial charge in [-0.05, 0) is 57.6 Å². The zero-order valence-electron chi connectivity index (χ0n) is 18.5. The van der Waals surface area contributed by atoms with E-state index in [0.29, 0.717) is 31.1 Å². The predicted octanol–water partition coefficient (Wildman–Crippen LogP) is 2.53. The molecule has 31 heavy (non-hydrogen) atoms. The van der Waals surface area contributed by atoms with Crippen molar-refractivity contribution in [1.82, 2.24) is 15.5 Å². The number of hydrogen-bond acceptors (Lipinski definition) is 5. The molecule has 2 fully saturated rings. The molecule has 1 aliphatic carbocycles. The van der Waals surface area contributed by atoms with E-state index in [4.69, 9.17) is 9.47 Å². The van der Waals surface area contributed by atoms with Gasteiger partial charge in [0, 0.05) is 24.1 Å². The van der Waals surface area contributed by atoms with Crippen LogP contribution in [0.15, 0.2) is 12.1 Å². The molecule has 0 unspecified atom stereocenters. The molecule has 8 heteroatoms. The number of nitrogens with zero attached hydrogens (tertiary/aromatic N) is 1. The first-order valence-corrected chi connectivity index (χ1v) is 11.2. The first-order valence-electron chi connectivity index (χ1n) is 11.2. The van der Waals surface area contributed by atoms with Crippen molar-refractivity contribution in [2.45, 2.75) is 71.1 Å². The molecule has 0 bridgehead atoms. The van der Waals surface area contributed by atoms with Gasteiger partial charge in [0.25, 0.3) is 5.91 Å². The summed E-state index contributed by atoms with van der Waals surface area (Å²) >= 11 is 0. The van der Waals surface area contributed by atoms with Gasteiger partial charge in [-0.15, -0.1) is 0 Å². The highest BCUT2D eigenvalue weighted by atomic mass is 16.5. The van der Waals surface area contributed by atoms with Gasteiger partial charge in [0.05, 0.1) is 6.61 Å². The molecular formula is C23H31N3O5. The lowest BCUT2D eigenvalue weighted by atomic mass is 9.77. The van der Waals surface area contributed by atoms with E-state index in [1.807, 2.05) is 26.0 Å². The third kappa shape index (κ3) is 4.20. The van der Waals surface area contributed by atoms with Gasteiger partial charge in [-0.1, -0.05) is 6.92 Å². The molecule has 0 radical (unpaired) electrons. The molecule has 3 aliphatic rings. The largest absolute Gasteiger partial charge is 0.494 e. The van der Waals surface area contributed by atoms with Crippen LogP contribution in [0.4, 0.5) is 4.79 Å². The van der Waals surface area contributed by atoms with E-state index < -0.39 is 11.6 Å². The normalized spacial score (nSPS) is 27.1. The molecule has 4 amide bonds. The molecule has 2 N–H and O–H groups in total. The molecule has 1 spiro atoms. The molecule has 8 nitrogen and oxygen atoms in total. The number of imide groups is 1. The fourth-order valence-corrected chi connectivity index (χ4v) is 4.72. The van der Waals surface area contributed by atoms with Crippen molar-refractivity contribution in [2.75, 3.05) is 13.2 Å². The maximum absolute atomic E-state index is 12.9. The summed E-state index contributed by atoms with van der Waals surface area (Å²) in [5.74, 6) is 1.40. The third-order valence-electron chi connectivity index (χ3n) is 6.53. The number of hydrogen-bond donors (Lipinski definition) is 2. The molecule has 1 saturated carbocycles. The number of ether oxygens (including phenoxy) is 2. The minimum absolute atomic E-state index is 0.115. The summed E-state index contributed by atoms with van der Waals surface area (Å²) in [6.07, 6.45) is 3.99. The Balaban J connectivity index is 1.39. The smallest absolute Gasteiger partial charge is 0.325 e. The highest BCUT2D eigenvalue weighted by Crippen LogP contribution is 2.37. The zero-order valence-corrected chi connectivity index (χ0v) is 18.5. The molecule has 1 aromatic rings. The van der Waals surface area contributed by atoms with E-state index in [1.165, 1.54) is 0 Å². The minimum atomic E-state index is -0.833. The predicted molar refractivity (Wildman–Crippen MR) is 114 cm³/mol. The maximum Gasteiger partial charge on any atom is 0.325 e. The number of urea groups is 1. The second-order valence-corrected chi connectivity index (χ2v) is 9.00. The lowest BCUT2D eigenvalue weighted by Gasteiger charge is -2.33. The Bertz CT molecular complexity index is 891. The molecule has 1 aromatic carbocycles. The van der Waals surface area contributed by atoms with Crippen LogP contribution in [0.2, 0.25) is 0 Å². The summed E-state index contributed by atoms with van der Waals surface area (Å²) in [6, 6.07) is 3.38. The van der Waals surface area contributed by atoms with E-state index in [9.17, 15) is 14.4 Å². The van der Waals surface area contributed by atoms with Crippen LogP contribution in [0.3, 0.4) is 0 Å². The number of benzene rings is 1. The minimum Gasteiger partial charge on any atom is -0.494 e. The van der Waals surface area contributed by atoms with Gasteiger partial charge in [0.1, 0.15) is 29.7 Å². The van der Waals surface area contributed by atoms with Gasteiger partial charge in [0.15, 0.2) is 0 Å². The highest BCUT2D eigenvalue weighted by Gasteiger charge is 2.52. The van der Waals surface area contributed by atoms with Crippen molar-refractivity contribution >= 4 is 17.8 Å². The monoisotopic (exact) mass is 429 g/mol. The Labute approximate surface area is 182 Å². The van der Waals surface area contributed by atoms with Crippen molar-refractivity contribution in [2.24, 2.45) is 5.92 Å². The SMILES string of the molecule is CCOc1cc2c(cc1CNC(=O)CN1C(=O)NC3(CCC(C)CC3)C1=O)O[C@H](C)C2. The summed E-state index contributed by atoms with van der Waals surface area (Å²) in [5.41, 5.74) is 1.07. The van der Waals surface area contributed by atoms with Gasteiger partial charge in [-0.3, -0.25) is 14.5 Å². The number of amides is 4. The van der Waals surface area contributed by atoms with E-state index >= 15 is 0 Å². The molecule has 1 atom stereocenters. The highest BCUT2D eigenvalue weighted by molar-refractivity contribution is 6.09. The van der Waals surface area contributed by atoms with Crippen LogP contribution in [0, 0.1) is 5.92 Å². The lowest BCUT2D eigenvalue weighted by Crippen LogP contribution is -2.49. The average Bonchev–Trinajstić information content (AvgIpc) is 3.20. The first-order chi connectivity index (χ1) is 14.8. The van der Waals surface area contributed by atoms with Crippen molar-refractivity contribution in [1.29, 1.82) is 0 Å². The number of carbonyl (C=O) groups is 3. The molecule has 0 aromatic heterocycles. The van der Waals surface area contributed by atoms with Gasteiger partial charge in [-0.2, -0.15) is 0 Å². The van der Waals surface area contributed by atoms with Gasteiger partial charge in [-0.25, -0.2) is 4.79 Å². The van der Waals surface area contributed by atoms with Crippen molar-refractivity contribution in [3.05, 3.63) is 23.3 Å². The fraction of sp³-hybridized carbons (Fsp3) is 0.609. The van der Waals surface area contributed by atoms with E-state index in [-0.39, 0.29) is 31.0 Å². The van der Waals surface area contributed by atoms with E-state index in [2.05, 4.69) is 17.6 Å². The first kappa shape index (κ1) is 21.5. The number of fused-ring (bicyclic) bond motifs is 1. The van der Waals surface area contributed by atoms with Gasteiger partial charge < -0.3 is 20.1 Å². The van der Waals surface area contributed by atoms with Gasteiger partial charge in [0.2, 0.25) is 5.91 Å². The average molecular weight is 430 g/mol. The summed E-state index contributed by atoms with van der Waals surface area (Å²) < 4.78 is 11.6. The second-order valence-electron chi connectivity index (χ2n) is 9.00. The Kier molecular flexibility index (Phi) is 5.81. The Morgan fingerprint density at radius 1 is 1.29 bits per heavy atom. The summed E-state index contributed by atoms with van der Waals surface area (Å²) in [5, 5.41) is 5.67. The molecule has 168 valence electrons. The molecule has 1 saturated heterocycles. The number of nitrogens with one attached hydrogen (secondary N) is 2. The number of rotatable bonds is 6. The number of carbonyl (C=O) groups excluding carboxylic acids is 3. The van der Waals surface area contributed by atoms with Crippen LogP contribution in [0.25, 0.3) is 0 Å². The van der Waals surface area contributed by atoms with Crippen LogP contribution >= 0.6 is 0 Å². The van der Waals surface area contributed by atoms with Gasteiger partial charge >= 0.3 is 6.03 Å². The quantitative estimate of drug-likeness (QED) is 0.678. The molecular weight excluding hydrogens is 398 g/mol. The van der Waals surface area contributed by atoms with Crippen LogP contribution in [-0.2, 0) is 22.6 Å². The zero-order chi connectivity index (χ0) is 22.2. The topological polar surface area (TPSA) is 97.0 Å². The summed E-state index contributed by atoms with van der Waals surface area (Å²) in [7, 11) is 0. The van der Waals surface area contributed by atoms with E-state index in [1.54, 1.807) is 0 Å². The Morgan fingerprint density at radius 2 is 2.03 bits per heavy atom. The van der Waals surface area contributed by atoms with Crippen LogP contribution < -0.4 is 20.1 Å². The van der Waals surface area contributed by atoms with Crippen LogP contribution in [-0.4, -0.2) is 47.5 Å². The van der Waals surface area contributed by atoms with E-state index in [0.717, 1.165) is 41.0 Å². The summed E-state index contributed by atoms with van der Waals surface area (Å²) in [6.45, 7) is 6.53. The second kappa shape index (κ2) is 8.40. The summed E-state index contributed by atoms with van der Waals surface area (Å²) in [4.78, 5) is 39.0. The van der Waals surface area contributed by atoms with Crippen LogP contribution in [0.1, 0.15) is 57.6 Å². The molecule has 2 aliphatic heterocycles. The third-order valence-corrected chi connectivity index (χ3v) is 6.53. The van der Waals surface area contributed by atoms with Crippen molar-refractivity contribution in [3.8, 4) is 11.5 Å². The molecule has 2 heterocycles. The fourth-order valence-electron chi connectivity index (χ4n) is 4.72. The van der Waals surface area contributed by atoms with Crippen molar-refractivity contribution < 1.29 is 23.9 Å². The standard InChI is InChI=1S/C23H31N3O5/c1-4-30-18-10-16-9-15(3)31-19(16)11-17(18)12-24-20(27)13-26-21(28)23(25-22(26)29)7-5-14(2)6-8-23/h10-11,14-15H,4-9,12-13H2,1-3H3,(H,24,27)(H,25,29)/t14?,15-,23?/m1/s1.